The van der Waals surface area contributed by atoms with Gasteiger partial charge in [-0.25, -0.2) is 0 Å². The second-order valence-corrected chi connectivity index (χ2v) is 5.95. The van der Waals surface area contributed by atoms with Crippen LogP contribution in [0.3, 0.4) is 0 Å². The minimum atomic E-state index is -2.29. The molecule has 0 fully saturated rings. The molecule has 0 aliphatic carbocycles. The molecule has 2 nitrogen and oxygen atoms in total. The van der Waals surface area contributed by atoms with E-state index in [-0.39, 0.29) is 22.2 Å². The quantitative estimate of drug-likeness (QED) is 0.271. The van der Waals surface area contributed by atoms with Gasteiger partial charge in [-0.05, 0) is 0 Å². The molecule has 0 atom stereocenters. The van der Waals surface area contributed by atoms with Gasteiger partial charge in [0.2, 0.25) is 0 Å². The third-order valence-electron chi connectivity index (χ3n) is 3.58. The van der Waals surface area contributed by atoms with Crippen molar-refractivity contribution in [3.8, 4) is 11.1 Å². The Morgan fingerprint density at radius 2 is 1.00 bits per heavy atom. The van der Waals surface area contributed by atoms with Crippen LogP contribution in [-0.4, -0.2) is 22.9 Å². The fourth-order valence-electron chi connectivity index (χ4n) is 2.38. The van der Waals surface area contributed by atoms with E-state index in [9.17, 15) is 26.3 Å². The molecule has 2 aromatic carbocycles. The predicted molar refractivity (Wildman–Crippen MR) is 71.1 cm³/mol. The maximum atomic E-state index is 14.6. The molecule has 0 N–H and O–H groups in total. The van der Waals surface area contributed by atoms with Crippen molar-refractivity contribution in [3.05, 3.63) is 46.0 Å². The molecule has 0 saturated carbocycles. The Morgan fingerprint density at radius 3 is 1.52 bits per heavy atom. The van der Waals surface area contributed by atoms with Gasteiger partial charge < -0.3 is 0 Å². The zero-order valence-corrected chi connectivity index (χ0v) is 13.3. The maximum absolute atomic E-state index is 14.6. The van der Waals surface area contributed by atoms with Crippen molar-refractivity contribution in [1.82, 2.24) is 7.96 Å². The molecule has 1 heterocycles. The van der Waals surface area contributed by atoms with Crippen molar-refractivity contribution in [2.24, 2.45) is 0 Å². The normalized spacial score (nSPS) is 11.5. The van der Waals surface area contributed by atoms with Gasteiger partial charge in [0.15, 0.2) is 0 Å². The first-order valence-corrected chi connectivity index (χ1v) is 7.73. The van der Waals surface area contributed by atoms with E-state index in [0.717, 1.165) is 0 Å². The summed E-state index contributed by atoms with van der Waals surface area (Å²) in [6, 6.07) is 0. The van der Waals surface area contributed by atoms with E-state index in [2.05, 4.69) is 7.96 Å². The number of benzene rings is 2. The molecule has 23 heavy (non-hydrogen) atoms. The molecule has 9 heteroatoms. The number of hydrogen-bond acceptors (Lipinski definition) is 2. The van der Waals surface area contributed by atoms with Crippen molar-refractivity contribution >= 4 is 26.0 Å². The Bertz CT molecular complexity index is 937. The van der Waals surface area contributed by atoms with Crippen molar-refractivity contribution in [2.75, 3.05) is 0 Å². The van der Waals surface area contributed by atoms with Crippen LogP contribution in [-0.2, 0) is 0 Å². The van der Waals surface area contributed by atoms with Gasteiger partial charge in [0, 0.05) is 0 Å². The van der Waals surface area contributed by atoms with Crippen molar-refractivity contribution in [3.63, 3.8) is 0 Å². The average Bonchev–Trinajstić information content (AvgIpc) is 3.02. The Kier molecular flexibility index (Phi) is 3.72. The molecule has 0 radical (unpaired) electrons. The summed E-state index contributed by atoms with van der Waals surface area (Å²) in [5.74, 6) is -11.8. The molecule has 0 aliphatic rings. The van der Waals surface area contributed by atoms with Crippen LogP contribution < -0.4 is 0 Å². The van der Waals surface area contributed by atoms with Gasteiger partial charge in [-0.2, -0.15) is 0 Å². The molecule has 0 saturated heterocycles. The first-order chi connectivity index (χ1) is 10.8. The van der Waals surface area contributed by atoms with E-state index in [0.29, 0.717) is 0 Å². The summed E-state index contributed by atoms with van der Waals surface area (Å²) in [5, 5.41) is 0. The zero-order valence-electron chi connectivity index (χ0n) is 11.6. The molecule has 1 aromatic heterocycles. The summed E-state index contributed by atoms with van der Waals surface area (Å²) >= 11 is -0.542. The first-order valence-electron chi connectivity index (χ1n) is 6.20. The van der Waals surface area contributed by atoms with Gasteiger partial charge in [0.05, 0.1) is 0 Å². The molecule has 0 bridgehead atoms. The molecule has 0 unspecified atom stereocenters. The van der Waals surface area contributed by atoms with Crippen LogP contribution in [0.4, 0.5) is 26.3 Å². The van der Waals surface area contributed by atoms with E-state index in [1.807, 2.05) is 0 Å². The molecular weight excluding hydrogens is 389 g/mol. The number of rotatable bonds is 1. The summed E-state index contributed by atoms with van der Waals surface area (Å²) in [6.07, 6.45) is 0. The molecule has 0 aliphatic heterocycles. The number of aromatic nitrogens is 2. The fraction of sp³-hybridized carbons (Fsp3) is 0.143. The van der Waals surface area contributed by atoms with Gasteiger partial charge in [-0.1, -0.05) is 0 Å². The third kappa shape index (κ3) is 2.10. The number of fused-ring (bicyclic) bond motifs is 1. The Hall–Kier alpha value is -1.86. The standard InChI is InChI=1S/C14H6F6N2Se/c1-3-5(7(15)4(2)14-13(3)21-23-22-14)6-8(16)10(18)12(20)11(19)9(6)17/h1-2H3. The number of aryl methyl sites for hydroxylation is 2. The zero-order chi connectivity index (χ0) is 17.0. The van der Waals surface area contributed by atoms with Crippen LogP contribution in [0.2, 0.25) is 0 Å². The van der Waals surface area contributed by atoms with Crippen molar-refractivity contribution < 1.29 is 26.3 Å². The van der Waals surface area contributed by atoms with E-state index >= 15 is 0 Å². The van der Waals surface area contributed by atoms with Crippen LogP contribution in [0, 0.1) is 48.8 Å². The monoisotopic (exact) mass is 396 g/mol. The number of halogens is 6. The summed E-state index contributed by atoms with van der Waals surface area (Å²) in [7, 11) is 0. The second kappa shape index (κ2) is 5.35. The third-order valence-corrected chi connectivity index (χ3v) is 4.69. The molecule has 0 spiro atoms. The van der Waals surface area contributed by atoms with Crippen LogP contribution in [0.15, 0.2) is 0 Å². The van der Waals surface area contributed by atoms with Crippen molar-refractivity contribution in [1.29, 1.82) is 0 Å². The molecule has 3 aromatic rings. The van der Waals surface area contributed by atoms with E-state index in [4.69, 9.17) is 0 Å². The first kappa shape index (κ1) is 16.0. The summed E-state index contributed by atoms with van der Waals surface area (Å²) in [6.45, 7) is 2.61. The van der Waals surface area contributed by atoms with Gasteiger partial charge in [0.25, 0.3) is 0 Å². The van der Waals surface area contributed by atoms with Gasteiger partial charge in [0.1, 0.15) is 0 Å². The summed E-state index contributed by atoms with van der Waals surface area (Å²) in [4.78, 5) is 0. The Morgan fingerprint density at radius 1 is 0.565 bits per heavy atom. The number of hydrogen-bond donors (Lipinski definition) is 0. The van der Waals surface area contributed by atoms with Gasteiger partial charge in [-0.3, -0.25) is 0 Å². The summed E-state index contributed by atoms with van der Waals surface area (Å²) < 4.78 is 90.6. The van der Waals surface area contributed by atoms with Crippen LogP contribution in [0.5, 0.6) is 0 Å². The van der Waals surface area contributed by atoms with Gasteiger partial charge in [-0.15, -0.1) is 0 Å². The molecule has 0 amide bonds. The minimum absolute atomic E-state index is 0.0190. The van der Waals surface area contributed by atoms with E-state index in [1.54, 1.807) is 0 Å². The van der Waals surface area contributed by atoms with Crippen molar-refractivity contribution in [2.45, 2.75) is 13.8 Å². The second-order valence-electron chi connectivity index (χ2n) is 4.85. The fourth-order valence-corrected chi connectivity index (χ4v) is 3.74. The van der Waals surface area contributed by atoms with Crippen LogP contribution in [0.1, 0.15) is 11.1 Å². The average molecular weight is 395 g/mol. The molecule has 120 valence electrons. The Balaban J connectivity index is 2.53. The topological polar surface area (TPSA) is 25.8 Å². The molecule has 3 rings (SSSR count). The molecular formula is C14H6F6N2Se. The Labute approximate surface area is 132 Å². The van der Waals surface area contributed by atoms with E-state index < -0.39 is 61.0 Å². The summed E-state index contributed by atoms with van der Waals surface area (Å²) in [5.41, 5.74) is -1.60. The predicted octanol–water partition coefficient (Wildman–Crippen LogP) is 3.81. The number of nitrogens with zero attached hydrogens (tertiary/aromatic N) is 2. The van der Waals surface area contributed by atoms with E-state index in [1.165, 1.54) is 13.8 Å². The van der Waals surface area contributed by atoms with Gasteiger partial charge >= 0.3 is 131 Å². The SMILES string of the molecule is Cc1c(F)c(-c2c(F)c(F)c(F)c(F)c2F)c(C)c2n[se]nc12. The van der Waals surface area contributed by atoms with Crippen LogP contribution >= 0.6 is 0 Å². The van der Waals surface area contributed by atoms with Crippen LogP contribution in [0.25, 0.3) is 22.2 Å².